The summed E-state index contributed by atoms with van der Waals surface area (Å²) in [6.07, 6.45) is 3.78. The first-order chi connectivity index (χ1) is 7.69. The van der Waals surface area contributed by atoms with Crippen LogP contribution in [0.2, 0.25) is 0 Å². The summed E-state index contributed by atoms with van der Waals surface area (Å²) in [5.74, 6) is 1.65. The minimum Gasteiger partial charge on any atom is -0.359 e. The van der Waals surface area contributed by atoms with E-state index in [0.29, 0.717) is 6.54 Å². The van der Waals surface area contributed by atoms with Gasteiger partial charge in [-0.2, -0.15) is 0 Å². The summed E-state index contributed by atoms with van der Waals surface area (Å²) in [6.45, 7) is 4.57. The molecule has 0 unspecified atom stereocenters. The molecule has 1 N–H and O–H groups in total. The van der Waals surface area contributed by atoms with Crippen LogP contribution in [0.1, 0.15) is 17.2 Å². The Hall–Kier alpha value is -1.91. The van der Waals surface area contributed by atoms with E-state index < -0.39 is 0 Å². The van der Waals surface area contributed by atoms with Crippen LogP contribution in [0, 0.1) is 13.8 Å². The molecular weight excluding hydrogens is 202 g/mol. The van der Waals surface area contributed by atoms with Gasteiger partial charge in [-0.3, -0.25) is 0 Å². The molecule has 0 saturated carbocycles. The lowest BCUT2D eigenvalue weighted by atomic mass is 10.4. The Morgan fingerprint density at radius 3 is 2.81 bits per heavy atom. The van der Waals surface area contributed by atoms with Crippen molar-refractivity contribution in [3.8, 4) is 0 Å². The van der Waals surface area contributed by atoms with Crippen LogP contribution in [-0.4, -0.2) is 26.6 Å². The number of rotatable bonds is 3. The molecule has 0 spiro atoms. The number of anilines is 1. The summed E-state index contributed by atoms with van der Waals surface area (Å²) >= 11 is 0. The fraction of sp³-hybridized carbons (Fsp3) is 0.364. The second-order valence-corrected chi connectivity index (χ2v) is 3.68. The van der Waals surface area contributed by atoms with Crippen LogP contribution in [0.15, 0.2) is 18.5 Å². The third kappa shape index (κ3) is 2.18. The number of imidazole rings is 1. The Balaban J connectivity index is 2.26. The molecule has 0 atom stereocenters. The topological polar surface area (TPSA) is 55.6 Å². The van der Waals surface area contributed by atoms with Gasteiger partial charge in [0.1, 0.15) is 5.82 Å². The smallest absolute Gasteiger partial charge is 0.203 e. The molecular formula is C11H15N5. The van der Waals surface area contributed by atoms with E-state index in [1.54, 1.807) is 6.20 Å². The van der Waals surface area contributed by atoms with Gasteiger partial charge >= 0.3 is 0 Å². The van der Waals surface area contributed by atoms with Crippen molar-refractivity contribution >= 4 is 5.95 Å². The number of nitrogens with one attached hydrogen (secondary N) is 1. The van der Waals surface area contributed by atoms with Gasteiger partial charge in [-0.05, 0) is 19.9 Å². The molecule has 0 bridgehead atoms. The Labute approximate surface area is 94.6 Å². The lowest BCUT2D eigenvalue weighted by Crippen LogP contribution is -2.06. The van der Waals surface area contributed by atoms with Crippen molar-refractivity contribution in [2.24, 2.45) is 0 Å². The van der Waals surface area contributed by atoms with E-state index in [1.807, 2.05) is 37.7 Å². The first-order valence-corrected chi connectivity index (χ1v) is 5.19. The highest BCUT2D eigenvalue weighted by Gasteiger charge is 2.05. The minimum absolute atomic E-state index is 0.709. The Morgan fingerprint density at radius 1 is 1.31 bits per heavy atom. The molecule has 0 aromatic carbocycles. The SMILES string of the molecule is CNc1nc(C)cn1Cc1ccnc(C)n1. The van der Waals surface area contributed by atoms with Crippen LogP contribution < -0.4 is 5.32 Å². The van der Waals surface area contributed by atoms with Crippen LogP contribution >= 0.6 is 0 Å². The van der Waals surface area contributed by atoms with Crippen LogP contribution in [0.3, 0.4) is 0 Å². The van der Waals surface area contributed by atoms with Gasteiger partial charge in [0.2, 0.25) is 5.95 Å². The van der Waals surface area contributed by atoms with Crippen LogP contribution in [-0.2, 0) is 6.54 Å². The third-order valence-corrected chi connectivity index (χ3v) is 2.29. The van der Waals surface area contributed by atoms with Crippen molar-refractivity contribution in [3.63, 3.8) is 0 Å². The van der Waals surface area contributed by atoms with E-state index in [9.17, 15) is 0 Å². The molecule has 84 valence electrons. The van der Waals surface area contributed by atoms with Gasteiger partial charge < -0.3 is 9.88 Å². The molecule has 0 aliphatic rings. The maximum atomic E-state index is 4.37. The van der Waals surface area contributed by atoms with Gasteiger partial charge in [0, 0.05) is 19.4 Å². The van der Waals surface area contributed by atoms with Crippen LogP contribution in [0.25, 0.3) is 0 Å². The monoisotopic (exact) mass is 217 g/mol. The number of aromatic nitrogens is 4. The van der Waals surface area contributed by atoms with Crippen molar-refractivity contribution in [1.29, 1.82) is 0 Å². The zero-order chi connectivity index (χ0) is 11.5. The van der Waals surface area contributed by atoms with Gasteiger partial charge in [0.15, 0.2) is 0 Å². The third-order valence-electron chi connectivity index (χ3n) is 2.29. The Morgan fingerprint density at radius 2 is 2.12 bits per heavy atom. The van der Waals surface area contributed by atoms with Crippen molar-refractivity contribution in [3.05, 3.63) is 35.7 Å². The zero-order valence-electron chi connectivity index (χ0n) is 9.73. The average molecular weight is 217 g/mol. The molecule has 0 saturated heterocycles. The Bertz CT molecular complexity index is 489. The molecule has 2 rings (SSSR count). The van der Waals surface area contributed by atoms with Gasteiger partial charge in [-0.15, -0.1) is 0 Å². The second kappa shape index (κ2) is 4.30. The summed E-state index contributed by atoms with van der Waals surface area (Å²) in [6, 6.07) is 1.92. The normalized spacial score (nSPS) is 10.4. The number of hydrogen-bond donors (Lipinski definition) is 1. The lowest BCUT2D eigenvalue weighted by Gasteiger charge is -2.06. The highest BCUT2D eigenvalue weighted by atomic mass is 15.2. The number of nitrogens with zero attached hydrogens (tertiary/aromatic N) is 4. The summed E-state index contributed by atoms with van der Waals surface area (Å²) in [4.78, 5) is 12.8. The fourth-order valence-electron chi connectivity index (χ4n) is 1.63. The standard InChI is InChI=1S/C11H15N5/c1-8-6-16(11(12-3)14-8)7-10-4-5-13-9(2)15-10/h4-6H,7H2,1-3H3,(H,12,14). The van der Waals surface area contributed by atoms with Gasteiger partial charge in [-0.1, -0.05) is 0 Å². The summed E-state index contributed by atoms with van der Waals surface area (Å²) in [7, 11) is 1.86. The van der Waals surface area contributed by atoms with E-state index in [0.717, 1.165) is 23.2 Å². The molecule has 5 nitrogen and oxygen atoms in total. The van der Waals surface area contributed by atoms with Gasteiger partial charge in [0.05, 0.1) is 17.9 Å². The summed E-state index contributed by atoms with van der Waals surface area (Å²) in [5.41, 5.74) is 1.98. The molecule has 2 aromatic rings. The zero-order valence-corrected chi connectivity index (χ0v) is 9.73. The van der Waals surface area contributed by atoms with E-state index in [-0.39, 0.29) is 0 Å². The molecule has 0 aliphatic heterocycles. The molecule has 0 fully saturated rings. The van der Waals surface area contributed by atoms with Crippen LogP contribution in [0.4, 0.5) is 5.95 Å². The molecule has 5 heteroatoms. The van der Waals surface area contributed by atoms with E-state index in [4.69, 9.17) is 0 Å². The molecule has 2 heterocycles. The van der Waals surface area contributed by atoms with E-state index in [1.165, 1.54) is 0 Å². The predicted octanol–water partition coefficient (Wildman–Crippen LogP) is 1.38. The highest BCUT2D eigenvalue weighted by molar-refractivity contribution is 5.28. The fourth-order valence-corrected chi connectivity index (χ4v) is 1.63. The number of aryl methyl sites for hydroxylation is 2. The van der Waals surface area contributed by atoms with Crippen molar-refractivity contribution < 1.29 is 0 Å². The summed E-state index contributed by atoms with van der Waals surface area (Å²) < 4.78 is 2.04. The largest absolute Gasteiger partial charge is 0.359 e. The molecule has 0 amide bonds. The maximum Gasteiger partial charge on any atom is 0.203 e. The van der Waals surface area contributed by atoms with E-state index >= 15 is 0 Å². The van der Waals surface area contributed by atoms with Crippen molar-refractivity contribution in [1.82, 2.24) is 19.5 Å². The van der Waals surface area contributed by atoms with Gasteiger partial charge in [0.25, 0.3) is 0 Å². The van der Waals surface area contributed by atoms with Crippen molar-refractivity contribution in [2.75, 3.05) is 12.4 Å². The Kier molecular flexibility index (Phi) is 2.85. The molecule has 0 aliphatic carbocycles. The second-order valence-electron chi connectivity index (χ2n) is 3.68. The molecule has 16 heavy (non-hydrogen) atoms. The highest BCUT2D eigenvalue weighted by Crippen LogP contribution is 2.09. The first-order valence-electron chi connectivity index (χ1n) is 5.19. The molecule has 2 aromatic heterocycles. The molecule has 0 radical (unpaired) electrons. The summed E-state index contributed by atoms with van der Waals surface area (Å²) in [5, 5.41) is 3.06. The maximum absolute atomic E-state index is 4.37. The quantitative estimate of drug-likeness (QED) is 0.844. The van der Waals surface area contributed by atoms with Crippen LogP contribution in [0.5, 0.6) is 0 Å². The first kappa shape index (κ1) is 10.6. The van der Waals surface area contributed by atoms with Crippen molar-refractivity contribution in [2.45, 2.75) is 20.4 Å². The lowest BCUT2D eigenvalue weighted by molar-refractivity contribution is 0.768. The number of hydrogen-bond acceptors (Lipinski definition) is 4. The minimum atomic E-state index is 0.709. The van der Waals surface area contributed by atoms with Gasteiger partial charge in [-0.25, -0.2) is 15.0 Å². The average Bonchev–Trinajstić information content (AvgIpc) is 2.59. The predicted molar refractivity (Wildman–Crippen MR) is 62.4 cm³/mol. The van der Waals surface area contributed by atoms with E-state index in [2.05, 4.69) is 20.3 Å².